The molecule has 4 nitrogen and oxygen atoms in total. The highest BCUT2D eigenvalue weighted by molar-refractivity contribution is 6.31. The zero-order chi connectivity index (χ0) is 16.9. The van der Waals surface area contributed by atoms with Crippen LogP contribution >= 0.6 is 11.6 Å². The third-order valence-corrected chi connectivity index (χ3v) is 4.31. The molecule has 2 amide bonds. The number of hydrogen-bond acceptors (Lipinski definition) is 2. The Morgan fingerprint density at radius 3 is 2.25 bits per heavy atom. The molecule has 1 heterocycles. The van der Waals surface area contributed by atoms with Gasteiger partial charge in [-0.1, -0.05) is 11.6 Å². The van der Waals surface area contributed by atoms with Gasteiger partial charge in [0.15, 0.2) is 0 Å². The van der Waals surface area contributed by atoms with E-state index in [0.717, 1.165) is 13.1 Å². The molecule has 2 aromatic rings. The van der Waals surface area contributed by atoms with Crippen LogP contribution in [0.1, 0.15) is 19.3 Å². The molecule has 0 bridgehead atoms. The lowest BCUT2D eigenvalue weighted by Crippen LogP contribution is -2.29. The van der Waals surface area contributed by atoms with Crippen molar-refractivity contribution < 1.29 is 9.18 Å². The Hall–Kier alpha value is -2.27. The maximum Gasteiger partial charge on any atom is 0.323 e. The lowest BCUT2D eigenvalue weighted by atomic mass is 10.1. The fraction of sp³-hybridized carbons (Fsp3) is 0.278. The third kappa shape index (κ3) is 4.17. The molecule has 1 saturated heterocycles. The van der Waals surface area contributed by atoms with Crippen LogP contribution in [0, 0.1) is 5.82 Å². The summed E-state index contributed by atoms with van der Waals surface area (Å²) in [5.41, 5.74) is 2.30. The van der Waals surface area contributed by atoms with E-state index in [1.54, 1.807) is 0 Å². The number of carbonyl (C=O) groups is 1. The van der Waals surface area contributed by atoms with Crippen LogP contribution in [0.25, 0.3) is 0 Å². The molecule has 0 aromatic heterocycles. The Morgan fingerprint density at radius 2 is 1.58 bits per heavy atom. The summed E-state index contributed by atoms with van der Waals surface area (Å²) in [5, 5.41) is 5.35. The van der Waals surface area contributed by atoms with Crippen molar-refractivity contribution in [3.63, 3.8) is 0 Å². The molecule has 2 aromatic carbocycles. The summed E-state index contributed by atoms with van der Waals surface area (Å²) in [5.74, 6) is -0.518. The van der Waals surface area contributed by atoms with Gasteiger partial charge >= 0.3 is 6.03 Å². The average Bonchev–Trinajstić information content (AvgIpc) is 2.59. The molecule has 0 aliphatic carbocycles. The van der Waals surface area contributed by atoms with E-state index in [2.05, 4.69) is 15.5 Å². The van der Waals surface area contributed by atoms with Crippen molar-refractivity contribution in [3.05, 3.63) is 53.3 Å². The zero-order valence-electron chi connectivity index (χ0n) is 13.2. The maximum absolute atomic E-state index is 13.1. The molecule has 1 aliphatic heterocycles. The fourth-order valence-electron chi connectivity index (χ4n) is 2.78. The van der Waals surface area contributed by atoms with E-state index in [9.17, 15) is 9.18 Å². The van der Waals surface area contributed by atoms with Gasteiger partial charge in [0.05, 0.1) is 5.02 Å². The van der Waals surface area contributed by atoms with Gasteiger partial charge in [-0.05, 0) is 61.7 Å². The molecule has 0 spiro atoms. The number of halogens is 2. The van der Waals surface area contributed by atoms with Crippen molar-refractivity contribution in [1.82, 2.24) is 0 Å². The van der Waals surface area contributed by atoms with Crippen LogP contribution in [0.2, 0.25) is 5.02 Å². The zero-order valence-corrected chi connectivity index (χ0v) is 13.9. The topological polar surface area (TPSA) is 44.4 Å². The summed E-state index contributed by atoms with van der Waals surface area (Å²) in [4.78, 5) is 14.4. The summed E-state index contributed by atoms with van der Waals surface area (Å²) in [6, 6.07) is 11.4. The summed E-state index contributed by atoms with van der Waals surface area (Å²) < 4.78 is 13.1. The number of nitrogens with one attached hydrogen (secondary N) is 2. The van der Waals surface area contributed by atoms with Crippen molar-refractivity contribution in [1.29, 1.82) is 0 Å². The smallest absolute Gasteiger partial charge is 0.323 e. The van der Waals surface area contributed by atoms with Crippen LogP contribution in [0.5, 0.6) is 0 Å². The van der Waals surface area contributed by atoms with Gasteiger partial charge in [-0.2, -0.15) is 0 Å². The Kier molecular flexibility index (Phi) is 5.20. The number of rotatable bonds is 3. The second-order valence-electron chi connectivity index (χ2n) is 5.80. The van der Waals surface area contributed by atoms with Gasteiger partial charge in [0.2, 0.25) is 0 Å². The molecular formula is C18H19ClFN3O. The molecule has 1 aliphatic rings. The first-order chi connectivity index (χ1) is 11.6. The Balaban J connectivity index is 1.58. The minimum atomic E-state index is -0.518. The monoisotopic (exact) mass is 347 g/mol. The average molecular weight is 348 g/mol. The number of piperidine rings is 1. The van der Waals surface area contributed by atoms with Gasteiger partial charge < -0.3 is 15.5 Å². The normalized spacial score (nSPS) is 14.3. The summed E-state index contributed by atoms with van der Waals surface area (Å²) in [6.45, 7) is 2.16. The fourth-order valence-corrected chi connectivity index (χ4v) is 2.96. The van der Waals surface area contributed by atoms with Gasteiger partial charge in [-0.3, -0.25) is 0 Å². The van der Waals surface area contributed by atoms with E-state index in [-0.39, 0.29) is 5.02 Å². The molecule has 2 N–H and O–H groups in total. The number of carbonyl (C=O) groups excluding carboxylic acids is 1. The van der Waals surface area contributed by atoms with Crippen molar-refractivity contribution in [2.75, 3.05) is 28.6 Å². The Labute approximate surface area is 145 Å². The highest BCUT2D eigenvalue weighted by atomic mass is 35.5. The second kappa shape index (κ2) is 7.53. The van der Waals surface area contributed by atoms with Crippen molar-refractivity contribution in [2.45, 2.75) is 19.3 Å². The van der Waals surface area contributed by atoms with Gasteiger partial charge in [0, 0.05) is 30.2 Å². The lowest BCUT2D eigenvalue weighted by molar-refractivity contribution is 0.262. The lowest BCUT2D eigenvalue weighted by Gasteiger charge is -2.28. The summed E-state index contributed by atoms with van der Waals surface area (Å²) in [6.07, 6.45) is 3.75. The SMILES string of the molecule is O=C(Nc1ccc(N2CCCCC2)cc1)Nc1ccc(F)c(Cl)c1. The van der Waals surface area contributed by atoms with Crippen LogP contribution in [0.4, 0.5) is 26.2 Å². The predicted molar refractivity (Wildman–Crippen MR) is 96.6 cm³/mol. The van der Waals surface area contributed by atoms with Crippen molar-refractivity contribution in [2.24, 2.45) is 0 Å². The number of nitrogens with zero attached hydrogens (tertiary/aromatic N) is 1. The van der Waals surface area contributed by atoms with Crippen molar-refractivity contribution in [3.8, 4) is 0 Å². The van der Waals surface area contributed by atoms with E-state index in [1.165, 1.54) is 43.1 Å². The number of urea groups is 1. The molecule has 0 atom stereocenters. The summed E-state index contributed by atoms with van der Waals surface area (Å²) >= 11 is 5.70. The van der Waals surface area contributed by atoms with E-state index < -0.39 is 11.8 Å². The highest BCUT2D eigenvalue weighted by Gasteiger charge is 2.11. The molecule has 0 radical (unpaired) electrons. The van der Waals surface area contributed by atoms with Gasteiger partial charge in [-0.25, -0.2) is 9.18 Å². The first-order valence-electron chi connectivity index (χ1n) is 8.00. The predicted octanol–water partition coefficient (Wildman–Crippen LogP) is 5.11. The van der Waals surface area contributed by atoms with Gasteiger partial charge in [-0.15, -0.1) is 0 Å². The van der Waals surface area contributed by atoms with Crippen LogP contribution in [0.3, 0.4) is 0 Å². The van der Waals surface area contributed by atoms with Gasteiger partial charge in [0.25, 0.3) is 0 Å². The maximum atomic E-state index is 13.1. The highest BCUT2D eigenvalue weighted by Crippen LogP contribution is 2.22. The van der Waals surface area contributed by atoms with Crippen LogP contribution in [0.15, 0.2) is 42.5 Å². The number of benzene rings is 2. The first kappa shape index (κ1) is 16.6. The quantitative estimate of drug-likeness (QED) is 0.810. The molecule has 1 fully saturated rings. The number of hydrogen-bond donors (Lipinski definition) is 2. The Morgan fingerprint density at radius 1 is 0.958 bits per heavy atom. The largest absolute Gasteiger partial charge is 0.372 e. The van der Waals surface area contributed by atoms with Crippen molar-refractivity contribution >= 4 is 34.7 Å². The van der Waals surface area contributed by atoms with E-state index in [0.29, 0.717) is 11.4 Å². The van der Waals surface area contributed by atoms with E-state index in [4.69, 9.17) is 11.6 Å². The molecule has 0 unspecified atom stereocenters. The second-order valence-corrected chi connectivity index (χ2v) is 6.21. The van der Waals surface area contributed by atoms with E-state index >= 15 is 0 Å². The third-order valence-electron chi connectivity index (χ3n) is 4.02. The first-order valence-corrected chi connectivity index (χ1v) is 8.38. The van der Waals surface area contributed by atoms with E-state index in [1.807, 2.05) is 24.3 Å². The standard InChI is InChI=1S/C18H19ClFN3O/c19-16-12-14(6-9-17(16)20)22-18(24)21-13-4-7-15(8-5-13)23-10-2-1-3-11-23/h4-9,12H,1-3,10-11H2,(H2,21,22,24). The van der Waals surface area contributed by atoms with Gasteiger partial charge in [0.1, 0.15) is 5.82 Å². The molecule has 3 rings (SSSR count). The molecule has 0 saturated carbocycles. The molecule has 126 valence electrons. The molecular weight excluding hydrogens is 329 g/mol. The van der Waals surface area contributed by atoms with Crippen LogP contribution < -0.4 is 15.5 Å². The number of amides is 2. The minimum Gasteiger partial charge on any atom is -0.372 e. The minimum absolute atomic E-state index is 0.0290. The summed E-state index contributed by atoms with van der Waals surface area (Å²) in [7, 11) is 0. The molecule has 6 heteroatoms. The van der Waals surface area contributed by atoms with Crippen LogP contribution in [-0.4, -0.2) is 19.1 Å². The number of anilines is 3. The van der Waals surface area contributed by atoms with Crippen LogP contribution in [-0.2, 0) is 0 Å². The molecule has 24 heavy (non-hydrogen) atoms. The Bertz CT molecular complexity index is 715.